The average molecular weight is 447 g/mol. The maximum Gasteiger partial charge on any atom is 0.345 e. The van der Waals surface area contributed by atoms with E-state index in [0.717, 1.165) is 19.3 Å². The third-order valence-corrected chi connectivity index (χ3v) is 9.42. The number of carbonyl (C=O) groups is 2. The number of esters is 2. The van der Waals surface area contributed by atoms with E-state index in [9.17, 15) is 14.2 Å². The Kier molecular flexibility index (Phi) is 7.53. The van der Waals surface area contributed by atoms with E-state index in [1.54, 1.807) is 34.6 Å². The fraction of sp³-hybridized carbons (Fsp3) is 0.909. The normalized spacial score (nSPS) is 28.9. The third-order valence-electron chi connectivity index (χ3n) is 7.03. The van der Waals surface area contributed by atoms with Gasteiger partial charge in [-0.3, -0.25) is 14.2 Å². The molecule has 2 aliphatic rings. The van der Waals surface area contributed by atoms with Gasteiger partial charge in [-0.05, 0) is 65.2 Å². The standard InChI is InChI=1S/C22H39O7P/c1-9-26-30(25,27-10-2)16(19(24)29-20(3,4)5)14-18(23)28-17-13-15-11-12-22(17,8)21(15,6)7/h15-17H,9-14H2,1-8H3/t15-,16?,17-,22+/m0/s1. The van der Waals surface area contributed by atoms with Crippen molar-refractivity contribution in [2.45, 2.75) is 98.4 Å². The number of hydrogen-bond acceptors (Lipinski definition) is 7. The van der Waals surface area contributed by atoms with E-state index in [-0.39, 0.29) is 30.1 Å². The Bertz CT molecular complexity index is 686. The van der Waals surface area contributed by atoms with Crippen molar-refractivity contribution in [1.82, 2.24) is 0 Å². The van der Waals surface area contributed by atoms with E-state index in [2.05, 4.69) is 20.8 Å². The zero-order chi connectivity index (χ0) is 23.0. The van der Waals surface area contributed by atoms with Gasteiger partial charge in [0.2, 0.25) is 0 Å². The van der Waals surface area contributed by atoms with Gasteiger partial charge >= 0.3 is 19.5 Å². The first-order valence-electron chi connectivity index (χ1n) is 11.0. The molecule has 0 aromatic rings. The maximum absolute atomic E-state index is 13.4. The molecule has 8 heteroatoms. The molecule has 4 atom stereocenters. The molecule has 1 unspecified atom stereocenters. The van der Waals surface area contributed by atoms with Crippen molar-refractivity contribution >= 4 is 19.5 Å². The number of rotatable bonds is 9. The molecular formula is C22H39O7P. The summed E-state index contributed by atoms with van der Waals surface area (Å²) in [6.07, 6.45) is 2.36. The fourth-order valence-corrected chi connectivity index (χ4v) is 6.78. The maximum atomic E-state index is 13.4. The van der Waals surface area contributed by atoms with Crippen LogP contribution in [0.2, 0.25) is 0 Å². The first-order chi connectivity index (χ1) is 13.7. The molecule has 2 aliphatic carbocycles. The molecule has 0 aromatic heterocycles. The molecule has 2 bridgehead atoms. The Hall–Kier alpha value is -0.910. The fourth-order valence-electron chi connectivity index (χ4n) is 4.94. The van der Waals surface area contributed by atoms with Crippen LogP contribution in [0.3, 0.4) is 0 Å². The average Bonchev–Trinajstić information content (AvgIpc) is 2.92. The summed E-state index contributed by atoms with van der Waals surface area (Å²) in [5.41, 5.74) is -2.17. The molecule has 7 nitrogen and oxygen atoms in total. The smallest absolute Gasteiger partial charge is 0.345 e. The summed E-state index contributed by atoms with van der Waals surface area (Å²) >= 11 is 0. The summed E-state index contributed by atoms with van der Waals surface area (Å²) in [4.78, 5) is 25.8. The van der Waals surface area contributed by atoms with Gasteiger partial charge < -0.3 is 18.5 Å². The molecule has 0 aromatic carbocycles. The van der Waals surface area contributed by atoms with Gasteiger partial charge in [0.25, 0.3) is 0 Å². The molecule has 2 saturated carbocycles. The second-order valence-corrected chi connectivity index (χ2v) is 12.4. The van der Waals surface area contributed by atoms with Crippen LogP contribution in [0.1, 0.15) is 81.1 Å². The summed E-state index contributed by atoms with van der Waals surface area (Å²) in [6, 6.07) is 0. The minimum Gasteiger partial charge on any atom is -0.462 e. The second-order valence-electron chi connectivity index (χ2n) is 10.2. The van der Waals surface area contributed by atoms with Crippen LogP contribution in [0.25, 0.3) is 0 Å². The van der Waals surface area contributed by atoms with Gasteiger partial charge in [0.05, 0.1) is 19.6 Å². The van der Waals surface area contributed by atoms with Gasteiger partial charge in [0, 0.05) is 5.41 Å². The van der Waals surface area contributed by atoms with Gasteiger partial charge in [-0.2, -0.15) is 0 Å². The van der Waals surface area contributed by atoms with Crippen LogP contribution in [0.15, 0.2) is 0 Å². The third kappa shape index (κ3) is 4.94. The van der Waals surface area contributed by atoms with E-state index >= 15 is 0 Å². The van der Waals surface area contributed by atoms with Crippen LogP contribution < -0.4 is 0 Å². The van der Waals surface area contributed by atoms with E-state index in [0.29, 0.717) is 5.92 Å². The molecule has 0 saturated heterocycles. The van der Waals surface area contributed by atoms with Gasteiger partial charge in [0.15, 0.2) is 5.66 Å². The van der Waals surface area contributed by atoms with Crippen LogP contribution >= 0.6 is 7.60 Å². The molecule has 0 spiro atoms. The molecule has 0 aliphatic heterocycles. The minimum absolute atomic E-state index is 0.0855. The van der Waals surface area contributed by atoms with Crippen molar-refractivity contribution in [3.8, 4) is 0 Å². The molecule has 0 heterocycles. The van der Waals surface area contributed by atoms with Gasteiger partial charge in [-0.15, -0.1) is 0 Å². The van der Waals surface area contributed by atoms with Crippen molar-refractivity contribution in [2.75, 3.05) is 13.2 Å². The Labute approximate surface area is 181 Å². The number of carbonyl (C=O) groups excluding carboxylic acids is 2. The lowest BCUT2D eigenvalue weighted by molar-refractivity contribution is -0.163. The van der Waals surface area contributed by atoms with Crippen LogP contribution in [0.5, 0.6) is 0 Å². The summed E-state index contributed by atoms with van der Waals surface area (Å²) in [6.45, 7) is 15.3. The van der Waals surface area contributed by atoms with Gasteiger partial charge in [-0.1, -0.05) is 20.8 Å². The highest BCUT2D eigenvalue weighted by Crippen LogP contribution is 2.66. The lowest BCUT2D eigenvalue weighted by atomic mass is 9.70. The SMILES string of the molecule is CCOP(=O)(OCC)C(CC(=O)O[C@H]1C[C@@H]2CC[C@@]1(C)C2(C)C)C(=O)OC(C)(C)C. The lowest BCUT2D eigenvalue weighted by Crippen LogP contribution is -2.40. The highest BCUT2D eigenvalue weighted by molar-refractivity contribution is 7.55. The van der Waals surface area contributed by atoms with E-state index in [1.807, 2.05) is 0 Å². The molecule has 174 valence electrons. The molecule has 2 rings (SSSR count). The summed E-state index contributed by atoms with van der Waals surface area (Å²) < 4.78 is 35.4. The largest absolute Gasteiger partial charge is 0.462 e. The first-order valence-corrected chi connectivity index (χ1v) is 12.6. The lowest BCUT2D eigenvalue weighted by Gasteiger charge is -2.38. The van der Waals surface area contributed by atoms with Crippen molar-refractivity contribution in [3.05, 3.63) is 0 Å². The van der Waals surface area contributed by atoms with Crippen molar-refractivity contribution in [2.24, 2.45) is 16.7 Å². The number of ether oxygens (including phenoxy) is 2. The van der Waals surface area contributed by atoms with Crippen molar-refractivity contribution in [3.63, 3.8) is 0 Å². The first kappa shape index (κ1) is 25.4. The molecular weight excluding hydrogens is 407 g/mol. The van der Waals surface area contributed by atoms with Crippen molar-refractivity contribution in [1.29, 1.82) is 0 Å². The van der Waals surface area contributed by atoms with Crippen LogP contribution in [-0.2, 0) is 32.7 Å². The van der Waals surface area contributed by atoms with Crippen molar-refractivity contribution < 1.29 is 32.7 Å². The molecule has 30 heavy (non-hydrogen) atoms. The Morgan fingerprint density at radius 2 is 1.67 bits per heavy atom. The Morgan fingerprint density at radius 3 is 2.07 bits per heavy atom. The predicted molar refractivity (Wildman–Crippen MR) is 114 cm³/mol. The molecule has 2 fully saturated rings. The molecule has 0 amide bonds. The Morgan fingerprint density at radius 1 is 1.10 bits per heavy atom. The van der Waals surface area contributed by atoms with Gasteiger partial charge in [0.1, 0.15) is 11.7 Å². The van der Waals surface area contributed by atoms with E-state index in [1.165, 1.54) is 0 Å². The van der Waals surface area contributed by atoms with E-state index in [4.69, 9.17) is 18.5 Å². The topological polar surface area (TPSA) is 88.1 Å². The highest BCUT2D eigenvalue weighted by atomic mass is 31.2. The van der Waals surface area contributed by atoms with E-state index < -0.39 is 37.2 Å². The molecule has 0 N–H and O–H groups in total. The van der Waals surface area contributed by atoms with Crippen LogP contribution in [0, 0.1) is 16.7 Å². The number of hydrogen-bond donors (Lipinski definition) is 0. The minimum atomic E-state index is -3.90. The molecule has 0 radical (unpaired) electrons. The summed E-state index contributed by atoms with van der Waals surface area (Å²) in [7, 11) is -3.90. The van der Waals surface area contributed by atoms with Crippen LogP contribution in [-0.4, -0.2) is 42.5 Å². The summed E-state index contributed by atoms with van der Waals surface area (Å²) in [5.74, 6) is -0.830. The predicted octanol–water partition coefficient (Wildman–Crippen LogP) is 5.11. The second kappa shape index (κ2) is 8.91. The summed E-state index contributed by atoms with van der Waals surface area (Å²) in [5, 5.41) is 0. The monoisotopic (exact) mass is 446 g/mol. The Balaban J connectivity index is 2.20. The van der Waals surface area contributed by atoms with Crippen LogP contribution in [0.4, 0.5) is 0 Å². The highest BCUT2D eigenvalue weighted by Gasteiger charge is 2.63. The zero-order valence-electron chi connectivity index (χ0n) is 19.8. The zero-order valence-corrected chi connectivity index (χ0v) is 20.7. The quantitative estimate of drug-likeness (QED) is 0.359. The van der Waals surface area contributed by atoms with Gasteiger partial charge in [-0.25, -0.2) is 0 Å². The number of fused-ring (bicyclic) bond motifs is 2.